The van der Waals surface area contributed by atoms with Crippen molar-refractivity contribution in [2.45, 2.75) is 5.16 Å². The number of rotatable bonds is 9. The molecule has 13 heteroatoms. The van der Waals surface area contributed by atoms with E-state index in [2.05, 4.69) is 14.7 Å². The summed E-state index contributed by atoms with van der Waals surface area (Å²) in [6.07, 6.45) is 3.13. The van der Waals surface area contributed by atoms with E-state index < -0.39 is 11.9 Å². The molecule has 1 heterocycles. The fourth-order valence-corrected chi connectivity index (χ4v) is 4.24. The van der Waals surface area contributed by atoms with Crippen LogP contribution in [0.4, 0.5) is 5.13 Å². The highest BCUT2D eigenvalue weighted by molar-refractivity contribution is 7.98. The number of aromatic nitrogens is 2. The molecule has 36 heavy (non-hydrogen) atoms. The molecule has 0 radical (unpaired) electrons. The second-order valence-electron chi connectivity index (χ2n) is 6.70. The number of hydrogen-bond acceptors (Lipinski definition) is 11. The smallest absolute Gasteiger partial charge is 0.343 e. The first-order valence-electron chi connectivity index (χ1n) is 9.96. The third-order valence-corrected chi connectivity index (χ3v) is 6.13. The monoisotopic (exact) mass is 546 g/mol. The van der Waals surface area contributed by atoms with E-state index in [0.29, 0.717) is 22.2 Å². The first kappa shape index (κ1) is 26.8. The maximum Gasteiger partial charge on any atom is 0.343 e. The molecule has 10 nitrogen and oxygen atoms in total. The van der Waals surface area contributed by atoms with E-state index in [-0.39, 0.29) is 32.8 Å². The van der Waals surface area contributed by atoms with Gasteiger partial charge in [-0.05, 0) is 48.2 Å². The first-order valence-corrected chi connectivity index (χ1v) is 12.3. The largest absolute Gasteiger partial charge is 0.493 e. The number of ether oxygens (including phenoxy) is 4. The van der Waals surface area contributed by atoms with Crippen LogP contribution in [0.1, 0.15) is 15.9 Å². The number of nitriles is 1. The maximum absolute atomic E-state index is 12.7. The zero-order chi connectivity index (χ0) is 26.2. The van der Waals surface area contributed by atoms with Crippen LogP contribution in [-0.4, -0.2) is 48.8 Å². The van der Waals surface area contributed by atoms with Crippen molar-refractivity contribution >= 4 is 58.0 Å². The minimum Gasteiger partial charge on any atom is -0.493 e. The predicted molar refractivity (Wildman–Crippen MR) is 136 cm³/mol. The van der Waals surface area contributed by atoms with Crippen LogP contribution in [0.5, 0.6) is 23.0 Å². The molecule has 0 fully saturated rings. The molecule has 186 valence electrons. The topological polar surface area (TPSA) is 133 Å². The van der Waals surface area contributed by atoms with Crippen molar-refractivity contribution in [2.24, 2.45) is 0 Å². The first-order chi connectivity index (χ1) is 17.3. The molecule has 1 amide bonds. The number of esters is 1. The molecule has 0 bridgehead atoms. The third-order valence-electron chi connectivity index (χ3n) is 4.55. The molecule has 3 aromatic rings. The Morgan fingerprint density at radius 1 is 1.11 bits per heavy atom. The van der Waals surface area contributed by atoms with Crippen LogP contribution in [0.25, 0.3) is 6.08 Å². The van der Waals surface area contributed by atoms with Gasteiger partial charge < -0.3 is 18.9 Å². The molecule has 2 aromatic carbocycles. The summed E-state index contributed by atoms with van der Waals surface area (Å²) in [7, 11) is 4.29. The molecule has 0 spiro atoms. The number of methoxy groups -OCH3 is 3. The summed E-state index contributed by atoms with van der Waals surface area (Å²) in [5.74, 6) is -0.481. The van der Waals surface area contributed by atoms with E-state index in [0.717, 1.165) is 11.5 Å². The lowest BCUT2D eigenvalue weighted by atomic mass is 10.1. The highest BCUT2D eigenvalue weighted by Crippen LogP contribution is 2.38. The highest BCUT2D eigenvalue weighted by atomic mass is 35.5. The van der Waals surface area contributed by atoms with Crippen LogP contribution in [0.2, 0.25) is 5.02 Å². The number of hydrogen-bond donors (Lipinski definition) is 1. The van der Waals surface area contributed by atoms with Gasteiger partial charge in [0.2, 0.25) is 10.3 Å². The van der Waals surface area contributed by atoms with E-state index in [9.17, 15) is 14.9 Å². The van der Waals surface area contributed by atoms with Gasteiger partial charge in [-0.3, -0.25) is 10.1 Å². The molecule has 0 saturated carbocycles. The Morgan fingerprint density at radius 2 is 1.83 bits per heavy atom. The Hall–Kier alpha value is -3.79. The number of halogens is 1. The van der Waals surface area contributed by atoms with E-state index >= 15 is 0 Å². The molecule has 0 aliphatic heterocycles. The van der Waals surface area contributed by atoms with Gasteiger partial charge in [-0.25, -0.2) is 4.79 Å². The van der Waals surface area contributed by atoms with Gasteiger partial charge in [0.05, 0.1) is 31.9 Å². The van der Waals surface area contributed by atoms with Gasteiger partial charge >= 0.3 is 5.97 Å². The summed E-state index contributed by atoms with van der Waals surface area (Å²) in [5, 5.41) is 12.8. The van der Waals surface area contributed by atoms with Crippen LogP contribution < -0.4 is 24.3 Å². The Kier molecular flexibility index (Phi) is 9.13. The fraction of sp³-hybridized carbons (Fsp3) is 0.174. The van der Waals surface area contributed by atoms with Crippen LogP contribution in [-0.2, 0) is 4.79 Å². The Bertz CT molecular complexity index is 1370. The molecular weight excluding hydrogens is 528 g/mol. The number of benzene rings is 2. The number of nitrogens with one attached hydrogen (secondary N) is 1. The number of carbonyl (C=O) groups is 2. The quantitative estimate of drug-likeness (QED) is 0.132. The van der Waals surface area contributed by atoms with Gasteiger partial charge in [0.15, 0.2) is 23.0 Å². The van der Waals surface area contributed by atoms with Crippen molar-refractivity contribution in [3.63, 3.8) is 0 Å². The minimum atomic E-state index is -0.710. The van der Waals surface area contributed by atoms with Crippen molar-refractivity contribution in [2.75, 3.05) is 32.9 Å². The fourth-order valence-electron chi connectivity index (χ4n) is 2.86. The molecule has 3 rings (SSSR count). The summed E-state index contributed by atoms with van der Waals surface area (Å²) in [5.41, 5.74) is 0.361. The standard InChI is InChI=1S/C23H19ClN4O6S2/c1-31-16-6-5-13(10-17(16)32-2)21(30)34-19-15(24)8-12(9-18(19)33-3)7-14(11-25)20(29)26-22-27-23(35-4)28-36-22/h5-10H,1-4H3,(H,26,27,28,29). The summed E-state index contributed by atoms with van der Waals surface area (Å²) >= 11 is 8.70. The molecule has 0 aliphatic carbocycles. The second kappa shape index (κ2) is 12.3. The Balaban J connectivity index is 1.85. The summed E-state index contributed by atoms with van der Waals surface area (Å²) in [4.78, 5) is 29.4. The van der Waals surface area contributed by atoms with E-state index in [1.165, 1.54) is 63.4 Å². The van der Waals surface area contributed by atoms with Gasteiger partial charge in [0, 0.05) is 11.5 Å². The van der Waals surface area contributed by atoms with Crippen LogP contribution >= 0.6 is 34.9 Å². The van der Waals surface area contributed by atoms with Gasteiger partial charge in [0.25, 0.3) is 5.91 Å². The van der Waals surface area contributed by atoms with Crippen molar-refractivity contribution in [1.82, 2.24) is 9.36 Å². The summed E-state index contributed by atoms with van der Waals surface area (Å²) < 4.78 is 25.3. The Morgan fingerprint density at radius 3 is 2.44 bits per heavy atom. The van der Waals surface area contributed by atoms with Gasteiger partial charge in [0.1, 0.15) is 11.6 Å². The van der Waals surface area contributed by atoms with Gasteiger partial charge in [-0.15, -0.1) is 0 Å². The van der Waals surface area contributed by atoms with E-state index in [4.69, 9.17) is 30.5 Å². The number of anilines is 1. The third kappa shape index (κ3) is 6.25. The van der Waals surface area contributed by atoms with E-state index in [1.807, 2.05) is 6.07 Å². The van der Waals surface area contributed by atoms with Crippen LogP contribution in [0, 0.1) is 11.3 Å². The number of amides is 1. The van der Waals surface area contributed by atoms with Crippen molar-refractivity contribution in [3.05, 3.63) is 52.1 Å². The van der Waals surface area contributed by atoms with Crippen LogP contribution in [0.3, 0.4) is 0 Å². The lowest BCUT2D eigenvalue weighted by molar-refractivity contribution is -0.112. The minimum absolute atomic E-state index is 0.0286. The molecule has 0 aliphatic rings. The number of carbonyl (C=O) groups excluding carboxylic acids is 2. The molecule has 0 saturated heterocycles. The zero-order valence-corrected chi connectivity index (χ0v) is 21.8. The van der Waals surface area contributed by atoms with E-state index in [1.54, 1.807) is 12.3 Å². The average molecular weight is 547 g/mol. The molecule has 1 aromatic heterocycles. The number of thioether (sulfide) groups is 1. The molecular formula is C23H19ClN4O6S2. The molecule has 0 unspecified atom stereocenters. The highest BCUT2D eigenvalue weighted by Gasteiger charge is 2.20. The number of nitrogens with zero attached hydrogens (tertiary/aromatic N) is 3. The SMILES string of the molecule is COc1ccc(C(=O)Oc2c(Cl)cc(C=C(C#N)C(=O)Nc3nc(SC)ns3)cc2OC)cc1OC. The second-order valence-corrected chi connectivity index (χ2v) is 8.64. The van der Waals surface area contributed by atoms with Gasteiger partial charge in [-0.2, -0.15) is 14.6 Å². The summed E-state index contributed by atoms with van der Waals surface area (Å²) in [6.45, 7) is 0. The maximum atomic E-state index is 12.7. The van der Waals surface area contributed by atoms with Gasteiger partial charge in [-0.1, -0.05) is 23.4 Å². The van der Waals surface area contributed by atoms with Crippen molar-refractivity contribution in [1.29, 1.82) is 5.26 Å². The molecule has 0 atom stereocenters. The lowest BCUT2D eigenvalue weighted by Crippen LogP contribution is -2.13. The zero-order valence-electron chi connectivity index (χ0n) is 19.4. The Labute approximate surface area is 220 Å². The average Bonchev–Trinajstić information content (AvgIpc) is 3.35. The van der Waals surface area contributed by atoms with Crippen molar-refractivity contribution in [3.8, 4) is 29.1 Å². The predicted octanol–water partition coefficient (Wildman–Crippen LogP) is 4.70. The lowest BCUT2D eigenvalue weighted by Gasteiger charge is -2.13. The normalized spacial score (nSPS) is 10.8. The van der Waals surface area contributed by atoms with Crippen molar-refractivity contribution < 1.29 is 28.5 Å². The summed E-state index contributed by atoms with van der Waals surface area (Å²) in [6, 6.07) is 9.31. The van der Waals surface area contributed by atoms with Crippen LogP contribution in [0.15, 0.2) is 41.1 Å². The molecule has 1 N–H and O–H groups in total.